The summed E-state index contributed by atoms with van der Waals surface area (Å²) in [4.78, 5) is 0.249. The molecule has 0 aliphatic heterocycles. The summed E-state index contributed by atoms with van der Waals surface area (Å²) in [5, 5.41) is 0. The third kappa shape index (κ3) is 3.68. The van der Waals surface area contributed by atoms with E-state index in [1.165, 1.54) is 0 Å². The molecule has 1 aromatic carbocycles. The SMILES string of the molecule is COC(C)(C)CNS(=O)(=O)c1c(C)ccc(N)c1C. The van der Waals surface area contributed by atoms with Crippen LogP contribution in [0.3, 0.4) is 0 Å². The summed E-state index contributed by atoms with van der Waals surface area (Å²) >= 11 is 0. The molecule has 6 heteroatoms. The number of ether oxygens (including phenoxy) is 1. The van der Waals surface area contributed by atoms with Gasteiger partial charge in [-0.15, -0.1) is 0 Å². The average molecular weight is 286 g/mol. The van der Waals surface area contributed by atoms with Gasteiger partial charge in [0.15, 0.2) is 0 Å². The summed E-state index contributed by atoms with van der Waals surface area (Å²) in [6.07, 6.45) is 0. The number of nitrogens with two attached hydrogens (primary N) is 1. The van der Waals surface area contributed by atoms with E-state index in [2.05, 4.69) is 4.72 Å². The van der Waals surface area contributed by atoms with Gasteiger partial charge in [-0.25, -0.2) is 13.1 Å². The van der Waals surface area contributed by atoms with Crippen LogP contribution in [0.4, 0.5) is 5.69 Å². The number of hydrogen-bond donors (Lipinski definition) is 2. The van der Waals surface area contributed by atoms with Crippen molar-refractivity contribution in [2.45, 2.75) is 38.2 Å². The monoisotopic (exact) mass is 286 g/mol. The molecule has 0 bridgehead atoms. The number of benzene rings is 1. The Kier molecular flexibility index (Phi) is 4.60. The minimum atomic E-state index is -3.60. The van der Waals surface area contributed by atoms with Crippen molar-refractivity contribution in [3.05, 3.63) is 23.3 Å². The zero-order valence-corrected chi connectivity index (χ0v) is 12.9. The molecule has 0 aromatic heterocycles. The van der Waals surface area contributed by atoms with Crippen LogP contribution < -0.4 is 10.5 Å². The van der Waals surface area contributed by atoms with Crippen molar-refractivity contribution in [1.82, 2.24) is 4.72 Å². The fraction of sp³-hybridized carbons (Fsp3) is 0.538. The zero-order valence-electron chi connectivity index (χ0n) is 12.1. The highest BCUT2D eigenvalue weighted by Crippen LogP contribution is 2.24. The van der Waals surface area contributed by atoms with Gasteiger partial charge in [-0.3, -0.25) is 0 Å². The molecule has 0 radical (unpaired) electrons. The predicted octanol–water partition coefficient (Wildman–Crippen LogP) is 1.59. The maximum atomic E-state index is 12.4. The molecule has 0 saturated carbocycles. The second-order valence-corrected chi connectivity index (χ2v) is 6.92. The summed E-state index contributed by atoms with van der Waals surface area (Å²) in [6.45, 7) is 7.28. The maximum Gasteiger partial charge on any atom is 0.241 e. The van der Waals surface area contributed by atoms with E-state index in [9.17, 15) is 8.42 Å². The highest BCUT2D eigenvalue weighted by molar-refractivity contribution is 7.89. The Bertz CT molecular complexity index is 565. The molecule has 108 valence electrons. The lowest BCUT2D eigenvalue weighted by atomic mass is 10.1. The molecular weight excluding hydrogens is 264 g/mol. The quantitative estimate of drug-likeness (QED) is 0.805. The van der Waals surface area contributed by atoms with Crippen molar-refractivity contribution in [2.75, 3.05) is 19.4 Å². The topological polar surface area (TPSA) is 81.4 Å². The Morgan fingerprint density at radius 2 is 1.89 bits per heavy atom. The van der Waals surface area contributed by atoms with Gasteiger partial charge in [0, 0.05) is 19.3 Å². The van der Waals surface area contributed by atoms with E-state index in [4.69, 9.17) is 10.5 Å². The van der Waals surface area contributed by atoms with Crippen molar-refractivity contribution in [1.29, 1.82) is 0 Å². The largest absolute Gasteiger partial charge is 0.398 e. The molecule has 0 spiro atoms. The van der Waals surface area contributed by atoms with Crippen molar-refractivity contribution in [2.24, 2.45) is 0 Å². The summed E-state index contributed by atoms with van der Waals surface area (Å²) < 4.78 is 32.5. The van der Waals surface area contributed by atoms with Crippen molar-refractivity contribution < 1.29 is 13.2 Å². The van der Waals surface area contributed by atoms with E-state index in [1.807, 2.05) is 13.8 Å². The highest BCUT2D eigenvalue weighted by Gasteiger charge is 2.24. The first-order chi connectivity index (χ1) is 8.60. The second-order valence-electron chi connectivity index (χ2n) is 5.21. The van der Waals surface area contributed by atoms with Gasteiger partial charge in [-0.2, -0.15) is 0 Å². The summed E-state index contributed by atoms with van der Waals surface area (Å²) in [6, 6.07) is 3.42. The fourth-order valence-electron chi connectivity index (χ4n) is 1.67. The van der Waals surface area contributed by atoms with Crippen molar-refractivity contribution >= 4 is 15.7 Å². The number of rotatable bonds is 5. The van der Waals surface area contributed by atoms with E-state index in [-0.39, 0.29) is 11.4 Å². The molecule has 0 aliphatic rings. The molecule has 1 rings (SSSR count). The van der Waals surface area contributed by atoms with Crippen LogP contribution in [0.1, 0.15) is 25.0 Å². The maximum absolute atomic E-state index is 12.4. The third-order valence-corrected chi connectivity index (χ3v) is 4.84. The number of sulfonamides is 1. The van der Waals surface area contributed by atoms with Gasteiger partial charge < -0.3 is 10.5 Å². The van der Waals surface area contributed by atoms with E-state index in [0.717, 1.165) is 0 Å². The lowest BCUT2D eigenvalue weighted by Crippen LogP contribution is -2.40. The second kappa shape index (κ2) is 5.48. The third-order valence-electron chi connectivity index (χ3n) is 3.15. The van der Waals surface area contributed by atoms with Gasteiger partial charge >= 0.3 is 0 Å². The number of methoxy groups -OCH3 is 1. The van der Waals surface area contributed by atoms with Crippen LogP contribution in [0.2, 0.25) is 0 Å². The zero-order chi connectivity index (χ0) is 14.8. The summed E-state index contributed by atoms with van der Waals surface area (Å²) in [7, 11) is -2.05. The first-order valence-electron chi connectivity index (χ1n) is 6.01. The molecule has 0 unspecified atom stereocenters. The fourth-order valence-corrected chi connectivity index (χ4v) is 3.36. The van der Waals surface area contributed by atoms with Crippen LogP contribution in [0.25, 0.3) is 0 Å². The van der Waals surface area contributed by atoms with Gasteiger partial charge in [0.25, 0.3) is 0 Å². The first kappa shape index (κ1) is 15.9. The molecule has 1 aromatic rings. The molecule has 5 nitrogen and oxygen atoms in total. The number of aryl methyl sites for hydroxylation is 1. The molecule has 0 fully saturated rings. The smallest absolute Gasteiger partial charge is 0.241 e. The van der Waals surface area contributed by atoms with Crippen molar-refractivity contribution in [3.8, 4) is 0 Å². The van der Waals surface area contributed by atoms with Gasteiger partial charge in [-0.05, 0) is 44.9 Å². The predicted molar refractivity (Wildman–Crippen MR) is 76.6 cm³/mol. The van der Waals surface area contributed by atoms with E-state index in [0.29, 0.717) is 16.8 Å². The number of nitrogens with one attached hydrogen (secondary N) is 1. The molecule has 3 N–H and O–H groups in total. The minimum Gasteiger partial charge on any atom is -0.398 e. The lowest BCUT2D eigenvalue weighted by molar-refractivity contribution is 0.0276. The standard InChI is InChI=1S/C13H22N2O3S/c1-9-6-7-11(14)10(2)12(9)19(16,17)15-8-13(3,4)18-5/h6-7,15H,8,14H2,1-5H3. The van der Waals surface area contributed by atoms with E-state index in [1.54, 1.807) is 33.1 Å². The van der Waals surface area contributed by atoms with Crippen LogP contribution in [0.15, 0.2) is 17.0 Å². The van der Waals surface area contributed by atoms with Crippen LogP contribution in [0, 0.1) is 13.8 Å². The van der Waals surface area contributed by atoms with Crippen LogP contribution in [0.5, 0.6) is 0 Å². The molecule has 0 saturated heterocycles. The number of nitrogen functional groups attached to an aromatic ring is 1. The molecule has 0 atom stereocenters. The first-order valence-corrected chi connectivity index (χ1v) is 7.49. The molecule has 19 heavy (non-hydrogen) atoms. The molecule has 0 heterocycles. The normalized spacial score (nSPS) is 12.7. The Morgan fingerprint density at radius 3 is 2.42 bits per heavy atom. The average Bonchev–Trinajstić information content (AvgIpc) is 2.32. The molecule has 0 amide bonds. The Labute approximate surface area is 115 Å². The van der Waals surface area contributed by atoms with Gasteiger partial charge in [0.2, 0.25) is 10.0 Å². The Balaban J connectivity index is 3.12. The molecule has 0 aliphatic carbocycles. The van der Waals surface area contributed by atoms with Crippen molar-refractivity contribution in [3.63, 3.8) is 0 Å². The van der Waals surface area contributed by atoms with E-state index < -0.39 is 15.6 Å². The summed E-state index contributed by atoms with van der Waals surface area (Å²) in [5.74, 6) is 0. The number of hydrogen-bond acceptors (Lipinski definition) is 4. The highest BCUT2D eigenvalue weighted by atomic mass is 32.2. The lowest BCUT2D eigenvalue weighted by Gasteiger charge is -2.23. The Hall–Kier alpha value is -1.11. The molecular formula is C13H22N2O3S. The van der Waals surface area contributed by atoms with Crippen LogP contribution >= 0.6 is 0 Å². The van der Waals surface area contributed by atoms with E-state index >= 15 is 0 Å². The van der Waals surface area contributed by atoms with Gasteiger partial charge in [0.1, 0.15) is 0 Å². The minimum absolute atomic E-state index is 0.194. The van der Waals surface area contributed by atoms with Gasteiger partial charge in [0.05, 0.1) is 10.5 Å². The van der Waals surface area contributed by atoms with Crippen LogP contribution in [-0.2, 0) is 14.8 Å². The van der Waals surface area contributed by atoms with Gasteiger partial charge in [-0.1, -0.05) is 6.07 Å². The number of anilines is 1. The summed E-state index contributed by atoms with van der Waals surface area (Å²) in [5.41, 5.74) is 6.93. The Morgan fingerprint density at radius 1 is 1.32 bits per heavy atom. The van der Waals surface area contributed by atoms with Crippen LogP contribution in [-0.4, -0.2) is 27.7 Å².